The highest BCUT2D eigenvalue weighted by molar-refractivity contribution is 7.89. The maximum absolute atomic E-state index is 12.2. The summed E-state index contributed by atoms with van der Waals surface area (Å²) in [5.41, 5.74) is 0.0202. The Hall–Kier alpha value is -1.45. The summed E-state index contributed by atoms with van der Waals surface area (Å²) < 4.78 is 36.3. The molecule has 0 radical (unpaired) electrons. The summed E-state index contributed by atoms with van der Waals surface area (Å²) in [6.45, 7) is 3.10. The van der Waals surface area contributed by atoms with Crippen molar-refractivity contribution in [1.29, 1.82) is 0 Å². The molecule has 0 fully saturated rings. The number of esters is 2. The molecule has 8 nitrogen and oxygen atoms in total. The molecule has 2 N–H and O–H groups in total. The van der Waals surface area contributed by atoms with Gasteiger partial charge in [-0.2, -0.15) is 0 Å². The standard InChI is InChI=1S/C20H35NO7S/c1-3-4-5-6-7-8-9-10-11-12-13-29(25,26)21-15-18(27-16(2)22)17-14-19(23)28-20(17)24/h14,18,20-21,24H,3-13,15H2,1-2H3. The number of aliphatic hydroxyl groups is 1. The van der Waals surface area contributed by atoms with E-state index in [0.717, 1.165) is 32.3 Å². The zero-order valence-corrected chi connectivity index (χ0v) is 18.3. The van der Waals surface area contributed by atoms with E-state index in [1.54, 1.807) is 0 Å². The minimum Gasteiger partial charge on any atom is -0.456 e. The van der Waals surface area contributed by atoms with Gasteiger partial charge in [0.15, 0.2) is 0 Å². The lowest BCUT2D eigenvalue weighted by Crippen LogP contribution is -2.38. The Kier molecular flexibility index (Phi) is 12.1. The number of rotatable bonds is 16. The van der Waals surface area contributed by atoms with Crippen LogP contribution in [0.3, 0.4) is 0 Å². The number of hydrogen-bond donors (Lipinski definition) is 2. The topological polar surface area (TPSA) is 119 Å². The summed E-state index contributed by atoms with van der Waals surface area (Å²) in [5, 5.41) is 9.70. The first-order valence-corrected chi connectivity index (χ1v) is 12.1. The second-order valence-electron chi connectivity index (χ2n) is 7.38. The number of ether oxygens (including phenoxy) is 2. The first-order valence-electron chi connectivity index (χ1n) is 10.5. The second-order valence-corrected chi connectivity index (χ2v) is 9.31. The molecule has 1 aliphatic heterocycles. The van der Waals surface area contributed by atoms with Gasteiger partial charge < -0.3 is 14.6 Å². The normalized spacial score (nSPS) is 17.7. The molecule has 2 atom stereocenters. The predicted octanol–water partition coefficient (Wildman–Crippen LogP) is 2.56. The molecule has 2 unspecified atom stereocenters. The van der Waals surface area contributed by atoms with Crippen LogP contribution in [0.2, 0.25) is 0 Å². The highest BCUT2D eigenvalue weighted by Gasteiger charge is 2.33. The largest absolute Gasteiger partial charge is 0.456 e. The molecule has 0 saturated heterocycles. The van der Waals surface area contributed by atoms with E-state index in [9.17, 15) is 23.1 Å². The monoisotopic (exact) mass is 433 g/mol. The van der Waals surface area contributed by atoms with Crippen molar-refractivity contribution >= 4 is 22.0 Å². The van der Waals surface area contributed by atoms with Crippen LogP contribution in [-0.2, 0) is 29.1 Å². The van der Waals surface area contributed by atoms with Crippen molar-refractivity contribution in [3.63, 3.8) is 0 Å². The quantitative estimate of drug-likeness (QED) is 0.284. The van der Waals surface area contributed by atoms with Gasteiger partial charge in [-0.15, -0.1) is 0 Å². The third-order valence-corrected chi connectivity index (χ3v) is 6.17. The van der Waals surface area contributed by atoms with Crippen molar-refractivity contribution in [2.75, 3.05) is 12.3 Å². The van der Waals surface area contributed by atoms with Gasteiger partial charge in [0, 0.05) is 18.6 Å². The van der Waals surface area contributed by atoms with Gasteiger partial charge in [-0.3, -0.25) is 4.79 Å². The van der Waals surface area contributed by atoms with Crippen molar-refractivity contribution < 1.29 is 32.6 Å². The van der Waals surface area contributed by atoms with Gasteiger partial charge in [-0.1, -0.05) is 64.7 Å². The smallest absolute Gasteiger partial charge is 0.333 e. The van der Waals surface area contributed by atoms with E-state index in [4.69, 9.17) is 4.74 Å². The summed E-state index contributed by atoms with van der Waals surface area (Å²) >= 11 is 0. The third-order valence-electron chi connectivity index (χ3n) is 4.73. The summed E-state index contributed by atoms with van der Waals surface area (Å²) in [4.78, 5) is 22.5. The Morgan fingerprint density at radius 3 is 2.17 bits per heavy atom. The van der Waals surface area contributed by atoms with Crippen LogP contribution < -0.4 is 4.72 Å². The van der Waals surface area contributed by atoms with Crippen LogP contribution in [-0.4, -0.2) is 50.2 Å². The summed E-state index contributed by atoms with van der Waals surface area (Å²) in [6.07, 6.45) is 9.43. The number of nitrogens with one attached hydrogen (secondary N) is 1. The molecule has 0 saturated carbocycles. The molecule has 1 aliphatic rings. The predicted molar refractivity (Wildman–Crippen MR) is 109 cm³/mol. The molecule has 9 heteroatoms. The van der Waals surface area contributed by atoms with Gasteiger partial charge in [0.1, 0.15) is 6.10 Å². The molecule has 0 aromatic rings. The van der Waals surface area contributed by atoms with Gasteiger partial charge in [0.2, 0.25) is 16.3 Å². The molecule has 0 aromatic carbocycles. The van der Waals surface area contributed by atoms with E-state index in [1.165, 1.54) is 38.5 Å². The number of cyclic esters (lactones) is 1. The van der Waals surface area contributed by atoms with Gasteiger partial charge in [-0.05, 0) is 6.42 Å². The average molecular weight is 434 g/mol. The Bertz CT molecular complexity index is 645. The number of unbranched alkanes of at least 4 members (excludes halogenated alkanes) is 9. The first kappa shape index (κ1) is 25.6. The van der Waals surface area contributed by atoms with E-state index >= 15 is 0 Å². The summed E-state index contributed by atoms with van der Waals surface area (Å²) in [5.74, 6) is -1.44. The van der Waals surface area contributed by atoms with Crippen molar-refractivity contribution in [3.8, 4) is 0 Å². The van der Waals surface area contributed by atoms with Crippen molar-refractivity contribution in [1.82, 2.24) is 4.72 Å². The van der Waals surface area contributed by atoms with Gasteiger partial charge in [0.05, 0.1) is 12.3 Å². The lowest BCUT2D eigenvalue weighted by atomic mass is 10.1. The molecule has 1 rings (SSSR count). The fourth-order valence-corrected chi connectivity index (χ4v) is 4.29. The minimum absolute atomic E-state index is 0.0202. The number of carbonyl (C=O) groups excluding carboxylic acids is 2. The van der Waals surface area contributed by atoms with Crippen LogP contribution in [0, 0.1) is 0 Å². The molecule has 0 aromatic heterocycles. The van der Waals surface area contributed by atoms with Crippen LogP contribution in [0.4, 0.5) is 0 Å². The lowest BCUT2D eigenvalue weighted by molar-refractivity contribution is -0.153. The van der Waals surface area contributed by atoms with Gasteiger partial charge in [-0.25, -0.2) is 17.9 Å². The van der Waals surface area contributed by atoms with Crippen molar-refractivity contribution in [3.05, 3.63) is 11.6 Å². The van der Waals surface area contributed by atoms with E-state index < -0.39 is 34.4 Å². The highest BCUT2D eigenvalue weighted by Crippen LogP contribution is 2.19. The number of carbonyl (C=O) groups is 2. The fourth-order valence-electron chi connectivity index (χ4n) is 3.15. The number of aliphatic hydroxyl groups excluding tert-OH is 1. The van der Waals surface area contributed by atoms with E-state index in [1.807, 2.05) is 0 Å². The molecule has 29 heavy (non-hydrogen) atoms. The molecule has 0 bridgehead atoms. The van der Waals surface area contributed by atoms with E-state index in [-0.39, 0.29) is 17.9 Å². The minimum atomic E-state index is -3.56. The summed E-state index contributed by atoms with van der Waals surface area (Å²) in [7, 11) is -3.56. The average Bonchev–Trinajstić information content (AvgIpc) is 2.98. The third kappa shape index (κ3) is 11.3. The second kappa shape index (κ2) is 13.7. The van der Waals surface area contributed by atoms with Gasteiger partial charge >= 0.3 is 11.9 Å². The Morgan fingerprint density at radius 2 is 1.69 bits per heavy atom. The van der Waals surface area contributed by atoms with Crippen LogP contribution in [0.25, 0.3) is 0 Å². The van der Waals surface area contributed by atoms with E-state index in [2.05, 4.69) is 16.4 Å². The number of hydrogen-bond acceptors (Lipinski definition) is 7. The lowest BCUT2D eigenvalue weighted by Gasteiger charge is -2.20. The highest BCUT2D eigenvalue weighted by atomic mass is 32.2. The maximum Gasteiger partial charge on any atom is 0.333 e. The molecule has 168 valence electrons. The SMILES string of the molecule is CCCCCCCCCCCCS(=O)(=O)NCC(OC(C)=O)C1=CC(=O)OC1O. The molecule has 0 spiro atoms. The summed E-state index contributed by atoms with van der Waals surface area (Å²) in [6, 6.07) is 0. The number of sulfonamides is 1. The Labute approximate surface area is 174 Å². The van der Waals surface area contributed by atoms with Gasteiger partial charge in [0.25, 0.3) is 0 Å². The van der Waals surface area contributed by atoms with Crippen LogP contribution in [0.1, 0.15) is 78.1 Å². The maximum atomic E-state index is 12.2. The first-order chi connectivity index (χ1) is 13.7. The van der Waals surface area contributed by atoms with Crippen molar-refractivity contribution in [2.45, 2.75) is 90.4 Å². The molecule has 0 aliphatic carbocycles. The van der Waals surface area contributed by atoms with Crippen molar-refractivity contribution in [2.24, 2.45) is 0 Å². The molecular formula is C20H35NO7S. The molecule has 0 amide bonds. The Morgan fingerprint density at radius 1 is 1.14 bits per heavy atom. The zero-order valence-electron chi connectivity index (χ0n) is 17.5. The molecule has 1 heterocycles. The van der Waals surface area contributed by atoms with Crippen LogP contribution >= 0.6 is 0 Å². The Balaban J connectivity index is 2.29. The zero-order chi connectivity index (χ0) is 21.7. The van der Waals surface area contributed by atoms with E-state index in [0.29, 0.717) is 6.42 Å². The van der Waals surface area contributed by atoms with Crippen LogP contribution in [0.15, 0.2) is 11.6 Å². The van der Waals surface area contributed by atoms with Crippen LogP contribution in [0.5, 0.6) is 0 Å². The fraction of sp³-hybridized carbons (Fsp3) is 0.800. The molecular weight excluding hydrogens is 398 g/mol.